The second-order valence-corrected chi connectivity index (χ2v) is 5.36. The monoisotopic (exact) mass is 302 g/mol. The number of hydroxylamine groups is 2. The van der Waals surface area contributed by atoms with Crippen LogP contribution in [-0.4, -0.2) is 65.1 Å². The van der Waals surface area contributed by atoms with Gasteiger partial charge in [0.2, 0.25) is 6.41 Å². The molecule has 20 heavy (non-hydrogen) atoms. The van der Waals surface area contributed by atoms with E-state index in [1.54, 1.807) is 29.4 Å². The zero-order valence-corrected chi connectivity index (χ0v) is 11.5. The Bertz CT molecular complexity index is 597. The molecule has 0 aromatic carbocycles. The Morgan fingerprint density at radius 2 is 2.35 bits per heavy atom. The maximum Gasteiger partial charge on any atom is 0.418 e. The van der Waals surface area contributed by atoms with Crippen LogP contribution in [0.5, 0.6) is 0 Å². The summed E-state index contributed by atoms with van der Waals surface area (Å²) in [7, 11) is -2.93. The summed E-state index contributed by atoms with van der Waals surface area (Å²) in [6.07, 6.45) is 6.82. The Morgan fingerprint density at radius 1 is 1.60 bits per heavy atom. The van der Waals surface area contributed by atoms with E-state index in [4.69, 9.17) is 4.55 Å². The maximum absolute atomic E-state index is 10.9. The standard InChI is InChI=1S/C10H14N4O5S/c1-12-5-9(13-3-2-11-7-13)4-10(6-12)14(8-15)19-20(16,17)18/h2-4,7-8,10H,5-6H2,1H3,(H,16,17,18). The van der Waals surface area contributed by atoms with Crippen molar-refractivity contribution in [2.75, 3.05) is 20.1 Å². The van der Waals surface area contributed by atoms with Crippen LogP contribution in [0.3, 0.4) is 0 Å². The molecule has 1 aliphatic rings. The third-order valence-electron chi connectivity index (χ3n) is 2.76. The second-order valence-electron chi connectivity index (χ2n) is 4.36. The third-order valence-corrected chi connectivity index (χ3v) is 3.12. The summed E-state index contributed by atoms with van der Waals surface area (Å²) in [5.74, 6) is 0. The molecule has 0 bridgehead atoms. The molecular formula is C10H14N4O5S. The Morgan fingerprint density at radius 3 is 2.90 bits per heavy atom. The lowest BCUT2D eigenvalue weighted by atomic mass is 10.1. The number of nitrogens with zero attached hydrogens (tertiary/aromatic N) is 4. The van der Waals surface area contributed by atoms with Crippen molar-refractivity contribution in [2.24, 2.45) is 0 Å². The van der Waals surface area contributed by atoms with E-state index in [1.807, 2.05) is 11.9 Å². The second kappa shape index (κ2) is 5.71. The van der Waals surface area contributed by atoms with Gasteiger partial charge in [0, 0.05) is 31.2 Å². The zero-order chi connectivity index (χ0) is 14.8. The van der Waals surface area contributed by atoms with Crippen LogP contribution in [0.4, 0.5) is 0 Å². The van der Waals surface area contributed by atoms with Crippen molar-refractivity contribution >= 4 is 22.5 Å². The van der Waals surface area contributed by atoms with E-state index < -0.39 is 16.4 Å². The molecule has 0 radical (unpaired) electrons. The molecule has 0 spiro atoms. The molecule has 2 rings (SSSR count). The average Bonchev–Trinajstić information content (AvgIpc) is 2.88. The molecule has 0 saturated heterocycles. The Kier molecular flexibility index (Phi) is 4.18. The van der Waals surface area contributed by atoms with Crippen LogP contribution in [-0.2, 0) is 19.5 Å². The van der Waals surface area contributed by atoms with Crippen molar-refractivity contribution in [2.45, 2.75) is 6.04 Å². The fourth-order valence-corrected chi connectivity index (χ4v) is 2.36. The molecule has 10 heteroatoms. The number of aromatic nitrogens is 2. The van der Waals surface area contributed by atoms with Gasteiger partial charge in [-0.05, 0) is 13.1 Å². The quantitative estimate of drug-likeness (QED) is 0.432. The molecule has 0 aliphatic carbocycles. The molecule has 0 fully saturated rings. The van der Waals surface area contributed by atoms with Gasteiger partial charge in [-0.15, -0.1) is 4.28 Å². The number of carbonyl (C=O) groups excluding carboxylic acids is 1. The largest absolute Gasteiger partial charge is 0.418 e. The van der Waals surface area contributed by atoms with Gasteiger partial charge in [-0.1, -0.05) is 0 Å². The number of likely N-dealkylation sites (N-methyl/N-ethyl adjacent to an activating group) is 1. The minimum absolute atomic E-state index is 0.208. The lowest BCUT2D eigenvalue weighted by Crippen LogP contribution is -2.45. The van der Waals surface area contributed by atoms with Crippen molar-refractivity contribution in [1.29, 1.82) is 0 Å². The highest BCUT2D eigenvalue weighted by Gasteiger charge is 2.27. The third kappa shape index (κ3) is 3.63. The molecule has 110 valence electrons. The van der Waals surface area contributed by atoms with Gasteiger partial charge in [-0.25, -0.2) is 4.98 Å². The predicted molar refractivity (Wildman–Crippen MR) is 68.3 cm³/mol. The lowest BCUT2D eigenvalue weighted by molar-refractivity contribution is -0.148. The molecule has 1 aromatic heterocycles. The number of hydrogen-bond donors (Lipinski definition) is 1. The van der Waals surface area contributed by atoms with Gasteiger partial charge >= 0.3 is 10.4 Å². The first-order valence-electron chi connectivity index (χ1n) is 5.67. The van der Waals surface area contributed by atoms with E-state index in [0.717, 1.165) is 5.70 Å². The van der Waals surface area contributed by atoms with Crippen LogP contribution in [0.1, 0.15) is 0 Å². The number of amides is 1. The van der Waals surface area contributed by atoms with Crippen molar-refractivity contribution in [1.82, 2.24) is 19.5 Å². The van der Waals surface area contributed by atoms with Crippen LogP contribution < -0.4 is 0 Å². The molecule has 1 aromatic rings. The number of hydrogen-bond acceptors (Lipinski definition) is 6. The van der Waals surface area contributed by atoms with Crippen molar-refractivity contribution < 1.29 is 22.0 Å². The van der Waals surface area contributed by atoms with E-state index in [1.165, 1.54) is 0 Å². The molecule has 1 atom stereocenters. The smallest absolute Gasteiger partial charge is 0.309 e. The van der Waals surface area contributed by atoms with E-state index in [-0.39, 0.29) is 6.41 Å². The predicted octanol–water partition coefficient (Wildman–Crippen LogP) is -0.769. The number of imidazole rings is 1. The molecule has 0 saturated carbocycles. The molecule has 1 aliphatic heterocycles. The molecule has 1 N–H and O–H groups in total. The SMILES string of the molecule is CN1CC(n2ccnc2)=CC(N(C=O)OS(=O)(=O)O)C1. The van der Waals surface area contributed by atoms with Crippen molar-refractivity contribution in [3.63, 3.8) is 0 Å². The van der Waals surface area contributed by atoms with Gasteiger partial charge in [0.05, 0.1) is 12.4 Å². The van der Waals surface area contributed by atoms with Gasteiger partial charge in [0.25, 0.3) is 0 Å². The van der Waals surface area contributed by atoms with Gasteiger partial charge in [-0.2, -0.15) is 13.5 Å². The molecule has 2 heterocycles. The maximum atomic E-state index is 10.9. The topological polar surface area (TPSA) is 105 Å². The molecular weight excluding hydrogens is 288 g/mol. The fraction of sp³-hybridized carbons (Fsp3) is 0.400. The van der Waals surface area contributed by atoms with E-state index in [0.29, 0.717) is 18.2 Å². The highest BCUT2D eigenvalue weighted by molar-refractivity contribution is 7.80. The van der Waals surface area contributed by atoms with E-state index in [2.05, 4.69) is 9.27 Å². The van der Waals surface area contributed by atoms with E-state index >= 15 is 0 Å². The molecule has 1 amide bonds. The summed E-state index contributed by atoms with van der Waals surface area (Å²) in [5, 5.41) is 0.557. The summed E-state index contributed by atoms with van der Waals surface area (Å²) in [6, 6.07) is -0.648. The summed E-state index contributed by atoms with van der Waals surface area (Å²) in [4.78, 5) is 16.7. The number of carbonyl (C=O) groups is 1. The Balaban J connectivity index is 2.25. The van der Waals surface area contributed by atoms with Crippen LogP contribution in [0, 0.1) is 0 Å². The highest BCUT2D eigenvalue weighted by atomic mass is 32.3. The number of rotatable bonds is 5. The summed E-state index contributed by atoms with van der Waals surface area (Å²) in [5.41, 5.74) is 0.812. The van der Waals surface area contributed by atoms with Crippen LogP contribution in [0.15, 0.2) is 24.8 Å². The van der Waals surface area contributed by atoms with Crippen molar-refractivity contribution in [3.8, 4) is 0 Å². The van der Waals surface area contributed by atoms with Crippen LogP contribution in [0.25, 0.3) is 5.70 Å². The summed E-state index contributed by atoms with van der Waals surface area (Å²) in [6.45, 7) is 0.970. The fourth-order valence-electron chi connectivity index (χ4n) is 2.00. The summed E-state index contributed by atoms with van der Waals surface area (Å²) < 4.78 is 36.1. The van der Waals surface area contributed by atoms with E-state index in [9.17, 15) is 13.2 Å². The minimum atomic E-state index is -4.75. The van der Waals surface area contributed by atoms with Crippen LogP contribution >= 0.6 is 0 Å². The zero-order valence-electron chi connectivity index (χ0n) is 10.7. The lowest BCUT2D eigenvalue weighted by Gasteiger charge is -2.32. The van der Waals surface area contributed by atoms with Gasteiger partial charge < -0.3 is 4.57 Å². The first-order valence-corrected chi connectivity index (χ1v) is 7.04. The van der Waals surface area contributed by atoms with Gasteiger partial charge in [0.1, 0.15) is 0 Å². The minimum Gasteiger partial charge on any atom is -0.309 e. The van der Waals surface area contributed by atoms with Gasteiger partial charge in [0.15, 0.2) is 0 Å². The first kappa shape index (κ1) is 14.7. The highest BCUT2D eigenvalue weighted by Crippen LogP contribution is 2.17. The summed E-state index contributed by atoms with van der Waals surface area (Å²) >= 11 is 0. The average molecular weight is 302 g/mol. The normalized spacial score (nSPS) is 20.5. The Hall–Kier alpha value is -1.75. The molecule has 1 unspecified atom stereocenters. The Labute approximate surface area is 116 Å². The first-order chi connectivity index (χ1) is 9.39. The van der Waals surface area contributed by atoms with Crippen molar-refractivity contribution in [3.05, 3.63) is 24.8 Å². The van der Waals surface area contributed by atoms with Crippen LogP contribution in [0.2, 0.25) is 0 Å². The molecule has 9 nitrogen and oxygen atoms in total. The van der Waals surface area contributed by atoms with Gasteiger partial charge in [-0.3, -0.25) is 14.2 Å².